The maximum absolute atomic E-state index is 2.37. The van der Waals surface area contributed by atoms with Crippen molar-refractivity contribution in [3.63, 3.8) is 0 Å². The number of unbranched alkanes of at least 4 members (excludes halogenated alkanes) is 1. The topological polar surface area (TPSA) is 13.0 Å². The van der Waals surface area contributed by atoms with E-state index in [1.807, 2.05) is 0 Å². The summed E-state index contributed by atoms with van der Waals surface area (Å²) in [7, 11) is 4.22. The van der Waals surface area contributed by atoms with Crippen LogP contribution in [0.3, 0.4) is 0 Å². The van der Waals surface area contributed by atoms with Crippen molar-refractivity contribution >= 4 is 0 Å². The first-order valence-electron chi connectivity index (χ1n) is 5.99. The molecule has 0 fully saturated rings. The molecular weight excluding hydrogens is 200 g/mol. The van der Waals surface area contributed by atoms with E-state index in [1.54, 1.807) is 0 Å². The molecule has 4 heteroatoms. The van der Waals surface area contributed by atoms with Gasteiger partial charge in [-0.15, -0.1) is 0 Å². The van der Waals surface area contributed by atoms with Gasteiger partial charge in [-0.2, -0.15) is 0 Å². The normalized spacial score (nSPS) is 19.4. The molecule has 16 heavy (non-hydrogen) atoms. The van der Waals surface area contributed by atoms with Gasteiger partial charge in [0, 0.05) is 52.0 Å². The molecule has 0 bridgehead atoms. The molecule has 0 unspecified atom stereocenters. The lowest BCUT2D eigenvalue weighted by atomic mass is 10.3. The number of rotatable bonds is 5. The maximum Gasteiger partial charge on any atom is 0.0890 e. The summed E-state index contributed by atoms with van der Waals surface area (Å²) < 4.78 is 0. The Morgan fingerprint density at radius 1 is 0.750 bits per heavy atom. The second-order valence-electron chi connectivity index (χ2n) is 4.72. The highest BCUT2D eigenvalue weighted by molar-refractivity contribution is 4.89. The van der Waals surface area contributed by atoms with E-state index in [0.29, 0.717) is 0 Å². The summed E-state index contributed by atoms with van der Waals surface area (Å²) in [5, 5.41) is 0. The van der Waals surface area contributed by atoms with E-state index in [0.717, 1.165) is 13.3 Å². The average molecular weight is 222 g/mol. The van der Waals surface area contributed by atoms with Crippen LogP contribution < -0.4 is 0 Å². The molecule has 2 aliphatic heterocycles. The Kier molecular flexibility index (Phi) is 3.59. The molecule has 2 rings (SSSR count). The molecule has 0 saturated heterocycles. The van der Waals surface area contributed by atoms with Gasteiger partial charge >= 0.3 is 0 Å². The van der Waals surface area contributed by atoms with Crippen molar-refractivity contribution < 1.29 is 0 Å². The van der Waals surface area contributed by atoms with Gasteiger partial charge in [-0.05, 0) is 12.8 Å². The quantitative estimate of drug-likeness (QED) is 0.646. The summed E-state index contributed by atoms with van der Waals surface area (Å²) in [6.07, 6.45) is 11.2. The zero-order chi connectivity index (χ0) is 11.4. The van der Waals surface area contributed by atoms with Crippen LogP contribution in [0.15, 0.2) is 24.8 Å². The monoisotopic (exact) mass is 222 g/mol. The van der Waals surface area contributed by atoms with E-state index in [4.69, 9.17) is 0 Å². The van der Waals surface area contributed by atoms with E-state index in [-0.39, 0.29) is 0 Å². The Balaban J connectivity index is 1.53. The summed E-state index contributed by atoms with van der Waals surface area (Å²) in [6.45, 7) is 4.45. The predicted molar refractivity (Wildman–Crippen MR) is 66.2 cm³/mol. The molecule has 0 aromatic rings. The first-order chi connectivity index (χ1) is 7.74. The minimum absolute atomic E-state index is 1.05. The molecule has 0 aliphatic carbocycles. The predicted octanol–water partition coefficient (Wildman–Crippen LogP) is 1.12. The zero-order valence-electron chi connectivity index (χ0n) is 10.3. The van der Waals surface area contributed by atoms with Gasteiger partial charge in [0.15, 0.2) is 0 Å². The molecule has 90 valence electrons. The van der Waals surface area contributed by atoms with Gasteiger partial charge < -0.3 is 19.6 Å². The highest BCUT2D eigenvalue weighted by Crippen LogP contribution is 2.08. The Bertz CT molecular complexity index is 246. The van der Waals surface area contributed by atoms with E-state index < -0.39 is 0 Å². The molecule has 0 aromatic carbocycles. The van der Waals surface area contributed by atoms with Crippen LogP contribution in [0.4, 0.5) is 0 Å². The van der Waals surface area contributed by atoms with E-state index in [1.165, 1.54) is 25.9 Å². The average Bonchev–Trinajstić information content (AvgIpc) is 2.83. The summed E-state index contributed by atoms with van der Waals surface area (Å²) in [6, 6.07) is 0. The third-order valence-corrected chi connectivity index (χ3v) is 3.01. The van der Waals surface area contributed by atoms with Crippen LogP contribution in [-0.4, -0.2) is 60.1 Å². The molecular formula is C12H22N4. The van der Waals surface area contributed by atoms with Gasteiger partial charge in [-0.1, -0.05) is 0 Å². The second-order valence-corrected chi connectivity index (χ2v) is 4.72. The summed E-state index contributed by atoms with van der Waals surface area (Å²) in [5.41, 5.74) is 0. The highest BCUT2D eigenvalue weighted by Gasteiger charge is 2.09. The van der Waals surface area contributed by atoms with Crippen molar-refractivity contribution in [2.24, 2.45) is 0 Å². The van der Waals surface area contributed by atoms with Crippen molar-refractivity contribution in [1.82, 2.24) is 19.6 Å². The standard InChI is InChI=1S/C12H22N4/c1-13-7-9-15(11-13)5-3-4-6-16-10-8-14(2)12-16/h7-10H,3-6,11-12H2,1-2H3. The maximum atomic E-state index is 2.37. The van der Waals surface area contributed by atoms with Crippen molar-refractivity contribution in [2.45, 2.75) is 12.8 Å². The molecule has 0 saturated carbocycles. The largest absolute Gasteiger partial charge is 0.362 e. The van der Waals surface area contributed by atoms with Crippen LogP contribution in [0.25, 0.3) is 0 Å². The third kappa shape index (κ3) is 3.08. The van der Waals surface area contributed by atoms with Crippen molar-refractivity contribution in [3.05, 3.63) is 24.8 Å². The Hall–Kier alpha value is -1.32. The minimum Gasteiger partial charge on any atom is -0.362 e. The molecule has 0 aromatic heterocycles. The summed E-state index contributed by atoms with van der Waals surface area (Å²) in [4.78, 5) is 9.15. The molecule has 0 N–H and O–H groups in total. The lowest BCUT2D eigenvalue weighted by Gasteiger charge is -2.20. The van der Waals surface area contributed by atoms with Gasteiger partial charge in [0.25, 0.3) is 0 Å². The van der Waals surface area contributed by atoms with Gasteiger partial charge in [0.05, 0.1) is 13.3 Å². The highest BCUT2D eigenvalue weighted by atomic mass is 15.3. The second kappa shape index (κ2) is 5.14. The van der Waals surface area contributed by atoms with Gasteiger partial charge in [0.2, 0.25) is 0 Å². The van der Waals surface area contributed by atoms with Crippen LogP contribution in [0.2, 0.25) is 0 Å². The Labute approximate surface area is 98.4 Å². The fourth-order valence-electron chi connectivity index (χ4n) is 2.10. The van der Waals surface area contributed by atoms with Crippen molar-refractivity contribution in [2.75, 3.05) is 40.5 Å². The fraction of sp³-hybridized carbons (Fsp3) is 0.667. The van der Waals surface area contributed by atoms with E-state index in [2.05, 4.69) is 58.5 Å². The molecule has 0 atom stereocenters. The first kappa shape index (κ1) is 11.2. The molecule has 0 spiro atoms. The van der Waals surface area contributed by atoms with E-state index in [9.17, 15) is 0 Å². The SMILES string of the molecule is CN1C=CN(CCCCN2C=CN(C)C2)C1. The minimum atomic E-state index is 1.05. The summed E-state index contributed by atoms with van der Waals surface area (Å²) in [5.74, 6) is 0. The number of hydrogen-bond acceptors (Lipinski definition) is 4. The van der Waals surface area contributed by atoms with Gasteiger partial charge in [-0.25, -0.2) is 0 Å². The molecule has 2 aliphatic rings. The van der Waals surface area contributed by atoms with Crippen LogP contribution >= 0.6 is 0 Å². The first-order valence-corrected chi connectivity index (χ1v) is 5.99. The van der Waals surface area contributed by atoms with Crippen LogP contribution in [0, 0.1) is 0 Å². The molecule has 2 heterocycles. The molecule has 4 nitrogen and oxygen atoms in total. The van der Waals surface area contributed by atoms with Crippen molar-refractivity contribution in [3.8, 4) is 0 Å². The van der Waals surface area contributed by atoms with Crippen LogP contribution in [0.5, 0.6) is 0 Å². The smallest absolute Gasteiger partial charge is 0.0890 e. The molecule has 0 radical (unpaired) electrons. The van der Waals surface area contributed by atoms with Crippen LogP contribution in [0.1, 0.15) is 12.8 Å². The zero-order valence-corrected chi connectivity index (χ0v) is 10.3. The van der Waals surface area contributed by atoms with Gasteiger partial charge in [0.1, 0.15) is 0 Å². The lowest BCUT2D eigenvalue weighted by Crippen LogP contribution is -2.25. The fourth-order valence-corrected chi connectivity index (χ4v) is 2.10. The Morgan fingerprint density at radius 2 is 1.19 bits per heavy atom. The van der Waals surface area contributed by atoms with Gasteiger partial charge in [-0.3, -0.25) is 0 Å². The number of nitrogens with zero attached hydrogens (tertiary/aromatic N) is 4. The number of hydrogen-bond donors (Lipinski definition) is 0. The van der Waals surface area contributed by atoms with E-state index >= 15 is 0 Å². The lowest BCUT2D eigenvalue weighted by molar-refractivity contribution is 0.269. The third-order valence-electron chi connectivity index (χ3n) is 3.01. The Morgan fingerprint density at radius 3 is 1.50 bits per heavy atom. The molecule has 0 amide bonds. The van der Waals surface area contributed by atoms with Crippen molar-refractivity contribution in [1.29, 1.82) is 0 Å². The summed E-state index contributed by atoms with van der Waals surface area (Å²) >= 11 is 0. The van der Waals surface area contributed by atoms with Crippen LogP contribution in [-0.2, 0) is 0 Å².